The van der Waals surface area contributed by atoms with Crippen LogP contribution in [0.25, 0.3) is 0 Å². The first-order chi connectivity index (χ1) is 12.7. The smallest absolute Gasteiger partial charge is 0.319 e. The van der Waals surface area contributed by atoms with E-state index in [9.17, 15) is 19.5 Å². The third-order valence-corrected chi connectivity index (χ3v) is 4.54. The topological polar surface area (TPSA) is 116 Å². The van der Waals surface area contributed by atoms with E-state index in [2.05, 4.69) is 23.3 Å². The van der Waals surface area contributed by atoms with E-state index in [-0.39, 0.29) is 5.91 Å². The molecule has 0 fully saturated rings. The molecule has 1 aromatic carbocycles. The number of aliphatic carboxylic acids is 1. The average molecular weight is 397 g/mol. The highest BCUT2D eigenvalue weighted by Gasteiger charge is 2.31. The van der Waals surface area contributed by atoms with Gasteiger partial charge in [0.1, 0.15) is 11.3 Å². The number of carbonyl (C=O) groups is 3. The molecule has 27 heavy (non-hydrogen) atoms. The zero-order valence-electron chi connectivity index (χ0n) is 15.6. The van der Waals surface area contributed by atoms with Gasteiger partial charge in [-0.15, -0.1) is 0 Å². The fourth-order valence-electron chi connectivity index (χ4n) is 2.37. The predicted molar refractivity (Wildman–Crippen MR) is 106 cm³/mol. The largest absolute Gasteiger partial charge is 0.480 e. The van der Waals surface area contributed by atoms with E-state index >= 15 is 0 Å². The van der Waals surface area contributed by atoms with Gasteiger partial charge in [-0.05, 0) is 30.7 Å². The second-order valence-electron chi connectivity index (χ2n) is 6.79. The van der Waals surface area contributed by atoms with Gasteiger partial charge in [0.05, 0.1) is 0 Å². The Kier molecular flexibility index (Phi) is 9.88. The van der Waals surface area contributed by atoms with E-state index in [0.29, 0.717) is 25.3 Å². The standard InChI is InChI=1S/C19H28N2O5S/c1-12(2)10-11-20-17(23)14(9-8-13-6-4-3-5-7-13)21-18(24)15(22)16(27)19(25)26/h3-7,12,14-16,22,27H,8-11H2,1-2H3,(H,20,23)(H,21,24)(H,25,26)/t14-,15-,16+/m0/s1. The van der Waals surface area contributed by atoms with E-state index in [0.717, 1.165) is 12.0 Å². The first kappa shape index (κ1) is 23.0. The zero-order chi connectivity index (χ0) is 20.4. The predicted octanol–water partition coefficient (Wildman–Crippen LogP) is 1.01. The number of amides is 2. The van der Waals surface area contributed by atoms with Crippen molar-refractivity contribution in [3.63, 3.8) is 0 Å². The third-order valence-electron chi connectivity index (χ3n) is 4.04. The van der Waals surface area contributed by atoms with Gasteiger partial charge in [-0.25, -0.2) is 0 Å². The molecule has 0 saturated heterocycles. The van der Waals surface area contributed by atoms with Crippen LogP contribution in [0.2, 0.25) is 0 Å². The SMILES string of the molecule is CC(C)CCNC(=O)[C@H](CCc1ccccc1)NC(=O)[C@@H](O)[C@@H](S)C(=O)O. The van der Waals surface area contributed by atoms with Gasteiger partial charge in [0.15, 0.2) is 6.10 Å². The lowest BCUT2D eigenvalue weighted by molar-refractivity contribution is -0.143. The van der Waals surface area contributed by atoms with Crippen molar-refractivity contribution in [1.29, 1.82) is 0 Å². The highest BCUT2D eigenvalue weighted by atomic mass is 32.1. The molecule has 0 saturated carbocycles. The molecule has 150 valence electrons. The number of hydrogen-bond acceptors (Lipinski definition) is 5. The molecule has 1 aromatic rings. The number of aryl methyl sites for hydroxylation is 1. The first-order valence-electron chi connectivity index (χ1n) is 8.93. The van der Waals surface area contributed by atoms with E-state index in [1.54, 1.807) is 0 Å². The normalized spacial score (nSPS) is 14.3. The lowest BCUT2D eigenvalue weighted by atomic mass is 10.0. The Balaban J connectivity index is 2.74. The van der Waals surface area contributed by atoms with Crippen LogP contribution >= 0.6 is 12.6 Å². The number of nitrogens with one attached hydrogen (secondary N) is 2. The Morgan fingerprint density at radius 1 is 1.07 bits per heavy atom. The van der Waals surface area contributed by atoms with Crippen LogP contribution in [0, 0.1) is 5.92 Å². The minimum absolute atomic E-state index is 0.320. The summed E-state index contributed by atoms with van der Waals surface area (Å²) in [6.45, 7) is 4.55. The quantitative estimate of drug-likeness (QED) is 0.358. The second kappa shape index (κ2) is 11.6. The number of benzene rings is 1. The highest BCUT2D eigenvalue weighted by molar-refractivity contribution is 7.81. The molecule has 3 atom stereocenters. The summed E-state index contributed by atoms with van der Waals surface area (Å²) in [7, 11) is 0. The maximum Gasteiger partial charge on any atom is 0.319 e. The lowest BCUT2D eigenvalue weighted by Gasteiger charge is -2.21. The Bertz CT molecular complexity index is 624. The monoisotopic (exact) mass is 396 g/mol. The van der Waals surface area contributed by atoms with Gasteiger partial charge in [-0.1, -0.05) is 44.2 Å². The Morgan fingerprint density at radius 2 is 1.70 bits per heavy atom. The minimum atomic E-state index is -1.85. The molecule has 7 nitrogen and oxygen atoms in total. The van der Waals surface area contributed by atoms with Crippen LogP contribution in [-0.4, -0.2) is 51.9 Å². The molecule has 0 radical (unpaired) electrons. The Hall–Kier alpha value is -2.06. The molecule has 0 spiro atoms. The molecule has 8 heteroatoms. The number of carboxylic acids is 1. The van der Waals surface area contributed by atoms with Crippen molar-refractivity contribution in [2.24, 2.45) is 5.92 Å². The number of aliphatic hydroxyl groups is 1. The van der Waals surface area contributed by atoms with Crippen LogP contribution in [-0.2, 0) is 20.8 Å². The molecular formula is C19H28N2O5S. The van der Waals surface area contributed by atoms with Gasteiger partial charge in [0, 0.05) is 6.54 Å². The van der Waals surface area contributed by atoms with E-state index in [1.165, 1.54) is 0 Å². The van der Waals surface area contributed by atoms with Crippen molar-refractivity contribution in [3.05, 3.63) is 35.9 Å². The molecule has 4 N–H and O–H groups in total. The summed E-state index contributed by atoms with van der Waals surface area (Å²) in [6, 6.07) is 8.60. The highest BCUT2D eigenvalue weighted by Crippen LogP contribution is 2.08. The molecule has 2 amide bonds. The lowest BCUT2D eigenvalue weighted by Crippen LogP contribution is -2.52. The summed E-state index contributed by atoms with van der Waals surface area (Å²) in [5.74, 6) is -2.29. The molecule has 0 aliphatic carbocycles. The summed E-state index contributed by atoms with van der Waals surface area (Å²) in [4.78, 5) is 35.5. The van der Waals surface area contributed by atoms with Crippen molar-refractivity contribution in [2.75, 3.05) is 6.54 Å². The number of thiol groups is 1. The molecular weight excluding hydrogens is 368 g/mol. The van der Waals surface area contributed by atoms with E-state index in [1.807, 2.05) is 44.2 Å². The molecule has 0 aromatic heterocycles. The molecule has 0 bridgehead atoms. The Morgan fingerprint density at radius 3 is 2.26 bits per heavy atom. The number of hydrogen-bond donors (Lipinski definition) is 5. The van der Waals surface area contributed by atoms with Gasteiger partial charge >= 0.3 is 5.97 Å². The summed E-state index contributed by atoms with van der Waals surface area (Å²) < 4.78 is 0. The number of rotatable bonds is 11. The van der Waals surface area contributed by atoms with Gasteiger partial charge < -0.3 is 20.8 Å². The zero-order valence-corrected chi connectivity index (χ0v) is 16.5. The molecule has 1 rings (SSSR count). The molecule has 0 heterocycles. The summed E-state index contributed by atoms with van der Waals surface area (Å²) in [5, 5.41) is 22.3. The van der Waals surface area contributed by atoms with Gasteiger partial charge in [0.2, 0.25) is 5.91 Å². The van der Waals surface area contributed by atoms with Crippen LogP contribution < -0.4 is 10.6 Å². The molecule has 0 aliphatic rings. The van der Waals surface area contributed by atoms with E-state index in [4.69, 9.17) is 5.11 Å². The number of carbonyl (C=O) groups excluding carboxylic acids is 2. The number of carboxylic acid groups (broad SMARTS) is 1. The average Bonchev–Trinajstić information content (AvgIpc) is 2.63. The Labute approximate surface area is 165 Å². The summed E-state index contributed by atoms with van der Waals surface area (Å²) >= 11 is 3.71. The third kappa shape index (κ3) is 8.45. The fourth-order valence-corrected chi connectivity index (χ4v) is 2.50. The maximum atomic E-state index is 12.5. The minimum Gasteiger partial charge on any atom is -0.480 e. The van der Waals surface area contributed by atoms with Crippen LogP contribution in [0.3, 0.4) is 0 Å². The van der Waals surface area contributed by atoms with Crippen molar-refractivity contribution < 1.29 is 24.6 Å². The van der Waals surface area contributed by atoms with Gasteiger partial charge in [-0.3, -0.25) is 14.4 Å². The second-order valence-corrected chi connectivity index (χ2v) is 7.34. The van der Waals surface area contributed by atoms with Crippen LogP contribution in [0.4, 0.5) is 0 Å². The molecule has 0 unspecified atom stereocenters. The van der Waals surface area contributed by atoms with Gasteiger partial charge in [0.25, 0.3) is 5.91 Å². The van der Waals surface area contributed by atoms with Crippen molar-refractivity contribution in [3.8, 4) is 0 Å². The molecule has 0 aliphatic heterocycles. The maximum absolute atomic E-state index is 12.5. The summed E-state index contributed by atoms with van der Waals surface area (Å²) in [5.41, 5.74) is 1.00. The van der Waals surface area contributed by atoms with Gasteiger partial charge in [-0.2, -0.15) is 12.6 Å². The van der Waals surface area contributed by atoms with Crippen LogP contribution in [0.5, 0.6) is 0 Å². The first-order valence-corrected chi connectivity index (χ1v) is 9.45. The fraction of sp³-hybridized carbons (Fsp3) is 0.526. The van der Waals surface area contributed by atoms with Crippen molar-refractivity contribution >= 4 is 30.4 Å². The summed E-state index contributed by atoms with van der Waals surface area (Å²) in [6.07, 6.45) is -0.192. The van der Waals surface area contributed by atoms with Crippen LogP contribution in [0.1, 0.15) is 32.3 Å². The van der Waals surface area contributed by atoms with E-state index < -0.39 is 29.3 Å². The number of aliphatic hydroxyl groups excluding tert-OH is 1. The van der Waals surface area contributed by atoms with Crippen LogP contribution in [0.15, 0.2) is 30.3 Å². The van der Waals surface area contributed by atoms with Crippen molar-refractivity contribution in [1.82, 2.24) is 10.6 Å². The van der Waals surface area contributed by atoms with Crippen molar-refractivity contribution in [2.45, 2.75) is 50.5 Å².